The topological polar surface area (TPSA) is 63.7 Å². The van der Waals surface area contributed by atoms with Crippen LogP contribution in [0.4, 0.5) is 5.69 Å². The van der Waals surface area contributed by atoms with Crippen molar-refractivity contribution in [1.82, 2.24) is 0 Å². The Balaban J connectivity index is 2.02. The monoisotopic (exact) mass is 421 g/mol. The highest BCUT2D eigenvalue weighted by atomic mass is 79.9. The first kappa shape index (κ1) is 17.7. The number of benzene rings is 2. The fourth-order valence-corrected chi connectivity index (χ4v) is 4.21. The predicted octanol–water partition coefficient (Wildman–Crippen LogP) is 3.42. The minimum absolute atomic E-state index is 0.126. The molecule has 0 spiro atoms. The van der Waals surface area contributed by atoms with E-state index in [9.17, 15) is 13.2 Å². The molecule has 1 atom stereocenters. The summed E-state index contributed by atoms with van der Waals surface area (Å²) < 4.78 is 29.7. The van der Waals surface area contributed by atoms with Crippen LogP contribution < -0.4 is 9.64 Å². The molecule has 1 aliphatic heterocycles. The van der Waals surface area contributed by atoms with Crippen molar-refractivity contribution in [3.05, 3.63) is 70.1 Å². The summed E-state index contributed by atoms with van der Waals surface area (Å²) in [4.78, 5) is 14.6. The van der Waals surface area contributed by atoms with Crippen LogP contribution in [0.15, 0.2) is 64.5 Å². The molecular formula is C18H16BrNO4S. The van der Waals surface area contributed by atoms with Gasteiger partial charge in [-0.15, -0.1) is 0 Å². The second-order valence-electron chi connectivity index (χ2n) is 5.61. The van der Waals surface area contributed by atoms with Gasteiger partial charge >= 0.3 is 0 Å². The molecule has 0 saturated carbocycles. The van der Waals surface area contributed by atoms with Crippen molar-refractivity contribution in [1.29, 1.82) is 0 Å². The minimum atomic E-state index is -3.29. The van der Waals surface area contributed by atoms with Crippen LogP contribution in [0.5, 0.6) is 5.75 Å². The van der Waals surface area contributed by atoms with E-state index in [1.807, 2.05) is 12.1 Å². The lowest BCUT2D eigenvalue weighted by molar-refractivity contribution is 0.0983. The first-order valence-electron chi connectivity index (χ1n) is 7.54. The van der Waals surface area contributed by atoms with Crippen molar-refractivity contribution in [3.63, 3.8) is 0 Å². The lowest BCUT2D eigenvalue weighted by Crippen LogP contribution is -2.41. The van der Waals surface area contributed by atoms with Crippen LogP contribution in [0.1, 0.15) is 10.4 Å². The van der Waals surface area contributed by atoms with Gasteiger partial charge in [-0.3, -0.25) is 4.79 Å². The van der Waals surface area contributed by atoms with Gasteiger partial charge in [0, 0.05) is 21.1 Å². The highest BCUT2D eigenvalue weighted by molar-refractivity contribution is 9.10. The van der Waals surface area contributed by atoms with E-state index in [2.05, 4.69) is 15.9 Å². The molecule has 0 radical (unpaired) electrons. The Morgan fingerprint density at radius 2 is 1.92 bits per heavy atom. The normalized spacial score (nSPS) is 18.1. The number of methoxy groups -OCH3 is 1. The average Bonchev–Trinajstić information content (AvgIpc) is 2.96. The molecule has 0 bridgehead atoms. The van der Waals surface area contributed by atoms with Crippen LogP contribution in [0.2, 0.25) is 0 Å². The van der Waals surface area contributed by atoms with Gasteiger partial charge in [0.15, 0.2) is 9.84 Å². The summed E-state index contributed by atoms with van der Waals surface area (Å²) in [5, 5.41) is 1.17. The predicted molar refractivity (Wildman–Crippen MR) is 101 cm³/mol. The summed E-state index contributed by atoms with van der Waals surface area (Å²) in [7, 11) is -1.76. The Labute approximate surface area is 155 Å². The van der Waals surface area contributed by atoms with E-state index in [4.69, 9.17) is 4.74 Å². The third-order valence-electron chi connectivity index (χ3n) is 3.88. The van der Waals surface area contributed by atoms with Gasteiger partial charge in [0.1, 0.15) is 5.75 Å². The largest absolute Gasteiger partial charge is 0.497 e. The molecule has 0 aliphatic carbocycles. The Kier molecular flexibility index (Phi) is 4.96. The lowest BCUT2D eigenvalue weighted by Gasteiger charge is -2.28. The van der Waals surface area contributed by atoms with E-state index in [1.165, 1.54) is 17.4 Å². The molecule has 7 heteroatoms. The first-order chi connectivity index (χ1) is 11.9. The fourth-order valence-electron chi connectivity index (χ4n) is 2.68. The summed E-state index contributed by atoms with van der Waals surface area (Å²) in [5.74, 6) is 0.155. The van der Waals surface area contributed by atoms with Crippen molar-refractivity contribution in [2.24, 2.45) is 0 Å². The van der Waals surface area contributed by atoms with E-state index in [1.54, 1.807) is 42.5 Å². The number of ether oxygens (including phenoxy) is 1. The summed E-state index contributed by atoms with van der Waals surface area (Å²) in [6, 6.07) is 13.4. The van der Waals surface area contributed by atoms with Gasteiger partial charge in [-0.05, 0) is 48.5 Å². The second kappa shape index (κ2) is 7.01. The number of hydrogen-bond acceptors (Lipinski definition) is 4. The Morgan fingerprint density at radius 1 is 1.20 bits per heavy atom. The van der Waals surface area contributed by atoms with Crippen LogP contribution in [0.25, 0.3) is 0 Å². The smallest absolute Gasteiger partial charge is 0.258 e. The third kappa shape index (κ3) is 3.93. The van der Waals surface area contributed by atoms with Crippen LogP contribution in [-0.4, -0.2) is 33.2 Å². The molecule has 2 aromatic rings. The summed E-state index contributed by atoms with van der Waals surface area (Å²) in [6.07, 6.45) is 1.55. The van der Waals surface area contributed by atoms with Gasteiger partial charge in [0.2, 0.25) is 0 Å². The number of halogens is 1. The number of amides is 1. The van der Waals surface area contributed by atoms with Gasteiger partial charge in [-0.1, -0.05) is 22.0 Å². The second-order valence-corrected chi connectivity index (χ2v) is 8.46. The van der Waals surface area contributed by atoms with Crippen LogP contribution in [0, 0.1) is 0 Å². The zero-order valence-corrected chi connectivity index (χ0v) is 15.8. The molecule has 0 unspecified atom stereocenters. The van der Waals surface area contributed by atoms with Gasteiger partial charge in [-0.2, -0.15) is 0 Å². The molecule has 1 heterocycles. The van der Waals surface area contributed by atoms with Crippen molar-refractivity contribution < 1.29 is 17.9 Å². The number of sulfone groups is 1. The molecule has 3 rings (SSSR count). The SMILES string of the molecule is COc1cccc(C(=O)N(c2ccc(Br)cc2)[C@@H]2C=CS(=O)(=O)C2)c1. The first-order valence-corrected chi connectivity index (χ1v) is 10.0. The Hall–Kier alpha value is -2.12. The number of anilines is 1. The van der Waals surface area contributed by atoms with Gasteiger partial charge in [0.25, 0.3) is 5.91 Å². The van der Waals surface area contributed by atoms with E-state index in [-0.39, 0.29) is 11.7 Å². The molecular weight excluding hydrogens is 406 g/mol. The Morgan fingerprint density at radius 3 is 2.52 bits per heavy atom. The van der Waals surface area contributed by atoms with Crippen molar-refractivity contribution in [2.45, 2.75) is 6.04 Å². The maximum atomic E-state index is 13.1. The number of carbonyl (C=O) groups is 1. The highest BCUT2D eigenvalue weighted by Gasteiger charge is 2.32. The lowest BCUT2D eigenvalue weighted by atomic mass is 10.1. The van der Waals surface area contributed by atoms with Crippen LogP contribution >= 0.6 is 15.9 Å². The third-order valence-corrected chi connectivity index (χ3v) is 5.79. The number of carbonyl (C=O) groups excluding carboxylic acids is 1. The van der Waals surface area contributed by atoms with Crippen LogP contribution in [-0.2, 0) is 9.84 Å². The van der Waals surface area contributed by atoms with E-state index in [0.29, 0.717) is 17.0 Å². The molecule has 2 aromatic carbocycles. The fraction of sp³-hybridized carbons (Fsp3) is 0.167. The maximum Gasteiger partial charge on any atom is 0.258 e. The average molecular weight is 422 g/mol. The van der Waals surface area contributed by atoms with Gasteiger partial charge in [0.05, 0.1) is 18.9 Å². The number of nitrogens with zero attached hydrogens (tertiary/aromatic N) is 1. The highest BCUT2D eigenvalue weighted by Crippen LogP contribution is 2.27. The van der Waals surface area contributed by atoms with E-state index >= 15 is 0 Å². The molecule has 0 N–H and O–H groups in total. The zero-order chi connectivity index (χ0) is 18.0. The van der Waals surface area contributed by atoms with E-state index < -0.39 is 15.9 Å². The van der Waals surface area contributed by atoms with Crippen molar-refractivity contribution >= 4 is 37.4 Å². The zero-order valence-electron chi connectivity index (χ0n) is 13.4. The van der Waals surface area contributed by atoms with Crippen molar-refractivity contribution in [2.75, 3.05) is 17.8 Å². The molecule has 0 saturated heterocycles. The standard InChI is InChI=1S/C18H16BrNO4S/c1-24-17-4-2-3-13(11-17)18(21)20(15-7-5-14(19)6-8-15)16-9-10-25(22,23)12-16/h2-11,16H,12H2,1H3/t16-/m1/s1. The summed E-state index contributed by atoms with van der Waals surface area (Å²) in [6.45, 7) is 0. The molecule has 5 nitrogen and oxygen atoms in total. The maximum absolute atomic E-state index is 13.1. The molecule has 1 amide bonds. The number of hydrogen-bond donors (Lipinski definition) is 0. The van der Waals surface area contributed by atoms with Crippen LogP contribution in [0.3, 0.4) is 0 Å². The Bertz CT molecular complexity index is 922. The number of rotatable bonds is 4. The minimum Gasteiger partial charge on any atom is -0.497 e. The van der Waals surface area contributed by atoms with Gasteiger partial charge in [-0.25, -0.2) is 8.42 Å². The molecule has 1 aliphatic rings. The summed E-state index contributed by atoms with van der Waals surface area (Å²) in [5.41, 5.74) is 1.06. The quantitative estimate of drug-likeness (QED) is 0.758. The molecule has 25 heavy (non-hydrogen) atoms. The van der Waals surface area contributed by atoms with E-state index in [0.717, 1.165) is 4.47 Å². The molecule has 130 valence electrons. The molecule has 0 fully saturated rings. The van der Waals surface area contributed by atoms with Crippen molar-refractivity contribution in [3.8, 4) is 5.75 Å². The van der Waals surface area contributed by atoms with Gasteiger partial charge < -0.3 is 9.64 Å². The summed E-state index contributed by atoms with van der Waals surface area (Å²) >= 11 is 3.37. The molecule has 0 aromatic heterocycles.